The Hall–Kier alpha value is -1.38. The summed E-state index contributed by atoms with van der Waals surface area (Å²) in [5.41, 5.74) is -1.00. The Bertz CT molecular complexity index is 792. The van der Waals surface area contributed by atoms with E-state index in [0.717, 1.165) is 12.3 Å². The number of guanidine groups is 1. The molecule has 2 rings (SSSR count). The predicted octanol–water partition coefficient (Wildman–Crippen LogP) is 3.53. The van der Waals surface area contributed by atoms with Crippen LogP contribution in [-0.4, -0.2) is 47.2 Å². The molecule has 7 nitrogen and oxygen atoms in total. The molecular weight excluding hydrogens is 544 g/mol. The first-order valence-corrected chi connectivity index (χ1v) is 9.58. The molecular formula is C16H21ClF3IN6OS. The second-order valence-electron chi connectivity index (χ2n) is 5.49. The standard InChI is InChI=1S/C16H20ClF3N6OS.HI/c1-2-21-14(25-9-10(27)11-3-4-13(17)28-11)23-7-8-24-15-22-6-5-12(26-15)16(18,19)20;/h3-6,10,27H,2,7-9H2,1H3,(H2,21,23,25)(H,22,24,26);1H. The molecule has 29 heavy (non-hydrogen) atoms. The van der Waals surface area contributed by atoms with Gasteiger partial charge in [-0.25, -0.2) is 9.97 Å². The van der Waals surface area contributed by atoms with Gasteiger partial charge in [0.1, 0.15) is 11.8 Å². The van der Waals surface area contributed by atoms with Crippen LogP contribution in [0.5, 0.6) is 0 Å². The molecule has 2 aromatic heterocycles. The second kappa shape index (κ2) is 12.3. The van der Waals surface area contributed by atoms with Gasteiger partial charge >= 0.3 is 6.18 Å². The highest BCUT2D eigenvalue weighted by atomic mass is 127. The zero-order valence-corrected chi connectivity index (χ0v) is 19.2. The van der Waals surface area contributed by atoms with Gasteiger partial charge in [-0.3, -0.25) is 4.99 Å². The molecule has 2 heterocycles. The average molecular weight is 565 g/mol. The molecule has 162 valence electrons. The van der Waals surface area contributed by atoms with E-state index < -0.39 is 18.0 Å². The summed E-state index contributed by atoms with van der Waals surface area (Å²) in [6, 6.07) is 4.26. The van der Waals surface area contributed by atoms with Crippen LogP contribution in [-0.2, 0) is 6.18 Å². The van der Waals surface area contributed by atoms with Gasteiger partial charge in [-0.1, -0.05) is 11.6 Å². The molecule has 4 N–H and O–H groups in total. The Morgan fingerprint density at radius 3 is 2.66 bits per heavy atom. The summed E-state index contributed by atoms with van der Waals surface area (Å²) in [6.07, 6.45) is -4.24. The molecule has 0 aliphatic carbocycles. The molecule has 0 saturated carbocycles. The number of aliphatic hydroxyl groups excluding tert-OH is 1. The minimum absolute atomic E-state index is 0. The van der Waals surface area contributed by atoms with Gasteiger partial charge in [0.25, 0.3) is 0 Å². The van der Waals surface area contributed by atoms with Crippen LogP contribution in [0, 0.1) is 0 Å². The summed E-state index contributed by atoms with van der Waals surface area (Å²) < 4.78 is 38.5. The number of rotatable bonds is 8. The van der Waals surface area contributed by atoms with Crippen LogP contribution in [0.2, 0.25) is 4.34 Å². The summed E-state index contributed by atoms with van der Waals surface area (Å²) in [5.74, 6) is 0.361. The molecule has 13 heteroatoms. The molecule has 0 bridgehead atoms. The highest BCUT2D eigenvalue weighted by molar-refractivity contribution is 14.0. The van der Waals surface area contributed by atoms with Crippen molar-refractivity contribution in [3.05, 3.63) is 39.3 Å². The number of alkyl halides is 3. The maximum absolute atomic E-state index is 12.6. The number of nitrogens with zero attached hydrogens (tertiary/aromatic N) is 3. The van der Waals surface area contributed by atoms with E-state index in [0.29, 0.717) is 28.3 Å². The normalized spacial score (nSPS) is 12.8. The van der Waals surface area contributed by atoms with E-state index >= 15 is 0 Å². The van der Waals surface area contributed by atoms with Crippen molar-refractivity contribution < 1.29 is 18.3 Å². The third kappa shape index (κ3) is 8.88. The average Bonchev–Trinajstić information content (AvgIpc) is 3.09. The van der Waals surface area contributed by atoms with E-state index in [1.165, 1.54) is 11.3 Å². The topological polar surface area (TPSA) is 94.5 Å². The van der Waals surface area contributed by atoms with E-state index in [-0.39, 0.29) is 43.0 Å². The molecule has 1 atom stereocenters. The van der Waals surface area contributed by atoms with E-state index in [4.69, 9.17) is 11.6 Å². The maximum atomic E-state index is 12.6. The third-order valence-electron chi connectivity index (χ3n) is 3.34. The van der Waals surface area contributed by atoms with Gasteiger partial charge in [-0.2, -0.15) is 13.2 Å². The van der Waals surface area contributed by atoms with E-state index in [1.807, 2.05) is 6.92 Å². The van der Waals surface area contributed by atoms with Crippen LogP contribution in [0.25, 0.3) is 0 Å². The molecule has 0 fully saturated rings. The SMILES string of the molecule is CCNC(=NCC(O)c1ccc(Cl)s1)NCCNc1nccc(C(F)(F)F)n1.I. The van der Waals surface area contributed by atoms with Crippen molar-refractivity contribution in [2.24, 2.45) is 4.99 Å². The number of thiophene rings is 1. The summed E-state index contributed by atoms with van der Waals surface area (Å²) in [6.45, 7) is 3.26. The minimum Gasteiger partial charge on any atom is -0.386 e. The molecule has 0 saturated heterocycles. The van der Waals surface area contributed by atoms with Crippen LogP contribution in [0.3, 0.4) is 0 Å². The molecule has 0 aromatic carbocycles. The predicted molar refractivity (Wildman–Crippen MR) is 119 cm³/mol. The molecule has 0 aliphatic rings. The summed E-state index contributed by atoms with van der Waals surface area (Å²) >= 11 is 7.14. The number of nitrogens with one attached hydrogen (secondary N) is 3. The zero-order valence-electron chi connectivity index (χ0n) is 15.3. The number of hydrogen-bond donors (Lipinski definition) is 4. The molecule has 0 aliphatic heterocycles. The van der Waals surface area contributed by atoms with Gasteiger partial charge in [0.15, 0.2) is 5.96 Å². The molecule has 1 unspecified atom stereocenters. The van der Waals surface area contributed by atoms with Crippen molar-refractivity contribution in [2.45, 2.75) is 19.2 Å². The highest BCUT2D eigenvalue weighted by Gasteiger charge is 2.32. The van der Waals surface area contributed by atoms with Crippen LogP contribution in [0.1, 0.15) is 23.6 Å². The van der Waals surface area contributed by atoms with E-state index in [1.54, 1.807) is 12.1 Å². The van der Waals surface area contributed by atoms with E-state index in [2.05, 4.69) is 30.9 Å². The van der Waals surface area contributed by atoms with Crippen molar-refractivity contribution in [3.63, 3.8) is 0 Å². The lowest BCUT2D eigenvalue weighted by Crippen LogP contribution is -2.40. The van der Waals surface area contributed by atoms with Gasteiger partial charge in [-0.15, -0.1) is 35.3 Å². The van der Waals surface area contributed by atoms with Gasteiger partial charge in [0.2, 0.25) is 5.95 Å². The monoisotopic (exact) mass is 564 g/mol. The zero-order chi connectivity index (χ0) is 20.6. The Morgan fingerprint density at radius 2 is 2.03 bits per heavy atom. The van der Waals surface area contributed by atoms with Crippen molar-refractivity contribution in [2.75, 3.05) is 31.5 Å². The van der Waals surface area contributed by atoms with Gasteiger partial charge in [0, 0.05) is 30.7 Å². The lowest BCUT2D eigenvalue weighted by atomic mass is 10.3. The number of aliphatic imine (C=N–C) groups is 1. The maximum Gasteiger partial charge on any atom is 0.433 e. The van der Waals surface area contributed by atoms with Crippen LogP contribution >= 0.6 is 46.9 Å². The Morgan fingerprint density at radius 1 is 1.28 bits per heavy atom. The van der Waals surface area contributed by atoms with Crippen LogP contribution < -0.4 is 16.0 Å². The molecule has 0 amide bonds. The first kappa shape index (κ1) is 25.7. The van der Waals surface area contributed by atoms with Gasteiger partial charge < -0.3 is 21.1 Å². The highest BCUT2D eigenvalue weighted by Crippen LogP contribution is 2.28. The Labute approximate surface area is 192 Å². The fraction of sp³-hybridized carbons (Fsp3) is 0.438. The number of aliphatic hydroxyl groups is 1. The lowest BCUT2D eigenvalue weighted by Gasteiger charge is -2.13. The van der Waals surface area contributed by atoms with E-state index in [9.17, 15) is 18.3 Å². The summed E-state index contributed by atoms with van der Waals surface area (Å²) in [4.78, 5) is 12.2. The second-order valence-corrected chi connectivity index (χ2v) is 7.24. The fourth-order valence-electron chi connectivity index (χ4n) is 2.07. The Kier molecular flexibility index (Phi) is 10.9. The van der Waals surface area contributed by atoms with Crippen LogP contribution in [0.4, 0.5) is 19.1 Å². The van der Waals surface area contributed by atoms with Gasteiger partial charge in [-0.05, 0) is 25.1 Å². The smallest absolute Gasteiger partial charge is 0.386 e. The van der Waals surface area contributed by atoms with Crippen molar-refractivity contribution in [3.8, 4) is 0 Å². The van der Waals surface area contributed by atoms with Gasteiger partial charge in [0.05, 0.1) is 10.9 Å². The first-order chi connectivity index (χ1) is 13.3. The number of halogens is 5. The third-order valence-corrected chi connectivity index (χ3v) is 4.67. The number of hydrogen-bond acceptors (Lipinski definition) is 6. The lowest BCUT2D eigenvalue weighted by molar-refractivity contribution is -0.141. The molecule has 2 aromatic rings. The van der Waals surface area contributed by atoms with Crippen molar-refractivity contribution in [1.82, 2.24) is 20.6 Å². The first-order valence-electron chi connectivity index (χ1n) is 8.39. The number of anilines is 1. The largest absolute Gasteiger partial charge is 0.433 e. The van der Waals surface area contributed by atoms with Crippen molar-refractivity contribution in [1.29, 1.82) is 0 Å². The van der Waals surface area contributed by atoms with Crippen molar-refractivity contribution >= 4 is 58.8 Å². The minimum atomic E-state index is -4.52. The molecule has 0 radical (unpaired) electrons. The summed E-state index contributed by atoms with van der Waals surface area (Å²) in [7, 11) is 0. The summed E-state index contributed by atoms with van der Waals surface area (Å²) in [5, 5.41) is 18.9. The number of aromatic nitrogens is 2. The van der Waals surface area contributed by atoms with Crippen LogP contribution in [0.15, 0.2) is 29.4 Å². The fourth-order valence-corrected chi connectivity index (χ4v) is 3.11. The quantitative estimate of drug-likeness (QED) is 0.170. The Balaban J connectivity index is 0.00000420. The molecule has 0 spiro atoms.